The van der Waals surface area contributed by atoms with E-state index in [1.54, 1.807) is 0 Å². The summed E-state index contributed by atoms with van der Waals surface area (Å²) in [6.45, 7) is 2.20. The molecule has 17 heavy (non-hydrogen) atoms. The fourth-order valence-electron chi connectivity index (χ4n) is 1.52. The van der Waals surface area contributed by atoms with Gasteiger partial charge in [0.05, 0.1) is 5.75 Å². The van der Waals surface area contributed by atoms with Gasteiger partial charge in [-0.05, 0) is 6.42 Å². The lowest BCUT2D eigenvalue weighted by Crippen LogP contribution is -2.13. The van der Waals surface area contributed by atoms with E-state index in [2.05, 4.69) is 40.1 Å². The number of anilines is 1. The van der Waals surface area contributed by atoms with Crippen molar-refractivity contribution in [3.05, 3.63) is 5.82 Å². The summed E-state index contributed by atoms with van der Waals surface area (Å²) in [5, 5.41) is 9.30. The molecular formula is C11H20N4OS. The second-order valence-corrected chi connectivity index (χ2v) is 4.29. The molecule has 0 aromatic carbocycles. The van der Waals surface area contributed by atoms with Crippen LogP contribution in [0.1, 0.15) is 44.9 Å². The zero-order chi connectivity index (χ0) is 12.5. The molecule has 6 heteroatoms. The summed E-state index contributed by atoms with van der Waals surface area (Å²) in [5.74, 6) is 1.12. The van der Waals surface area contributed by atoms with E-state index in [0.29, 0.717) is 5.95 Å². The molecule has 0 fully saturated rings. The Morgan fingerprint density at radius 3 is 2.82 bits per heavy atom. The molecule has 0 unspecified atom stereocenters. The minimum absolute atomic E-state index is 0.140. The number of hydrogen-bond acceptors (Lipinski definition) is 4. The molecule has 0 aliphatic heterocycles. The summed E-state index contributed by atoms with van der Waals surface area (Å²) in [6.07, 6.45) is 7.02. The standard InChI is InChI=1S/C11H20N4OS/c1-2-3-4-5-6-7-9-12-11(15-14-9)13-10(16)8-17/h17H,2-8H2,1H3,(H2,12,13,14,15,16). The Labute approximate surface area is 107 Å². The Kier molecular flexibility index (Phi) is 6.69. The van der Waals surface area contributed by atoms with Crippen molar-refractivity contribution in [1.29, 1.82) is 0 Å². The molecule has 96 valence electrons. The zero-order valence-corrected chi connectivity index (χ0v) is 11.1. The van der Waals surface area contributed by atoms with Crippen molar-refractivity contribution in [2.24, 2.45) is 0 Å². The van der Waals surface area contributed by atoms with Crippen LogP contribution in [-0.4, -0.2) is 26.8 Å². The van der Waals surface area contributed by atoms with E-state index >= 15 is 0 Å². The first-order valence-corrected chi connectivity index (χ1v) is 6.71. The van der Waals surface area contributed by atoms with Crippen LogP contribution in [0.5, 0.6) is 0 Å². The van der Waals surface area contributed by atoms with Crippen LogP contribution >= 0.6 is 12.6 Å². The summed E-state index contributed by atoms with van der Waals surface area (Å²) in [5.41, 5.74) is 0. The van der Waals surface area contributed by atoms with Crippen LogP contribution in [-0.2, 0) is 11.2 Å². The Morgan fingerprint density at radius 1 is 1.35 bits per heavy atom. The van der Waals surface area contributed by atoms with Gasteiger partial charge in [0.25, 0.3) is 0 Å². The quantitative estimate of drug-likeness (QED) is 0.493. The molecule has 5 nitrogen and oxygen atoms in total. The highest BCUT2D eigenvalue weighted by Crippen LogP contribution is 2.07. The van der Waals surface area contributed by atoms with E-state index < -0.39 is 0 Å². The Morgan fingerprint density at radius 2 is 2.12 bits per heavy atom. The number of hydrogen-bond donors (Lipinski definition) is 3. The minimum Gasteiger partial charge on any atom is -0.293 e. The van der Waals surface area contributed by atoms with Crippen LogP contribution in [0.3, 0.4) is 0 Å². The maximum absolute atomic E-state index is 11.0. The first-order valence-electron chi connectivity index (χ1n) is 6.08. The van der Waals surface area contributed by atoms with Gasteiger partial charge in [-0.25, -0.2) is 0 Å². The average molecular weight is 256 g/mol. The maximum atomic E-state index is 11.0. The normalized spacial score (nSPS) is 10.5. The fourth-order valence-corrected chi connectivity index (χ4v) is 1.60. The number of carbonyl (C=O) groups excluding carboxylic acids is 1. The molecule has 1 amide bonds. The highest BCUT2D eigenvalue weighted by Gasteiger charge is 2.05. The number of nitrogens with zero attached hydrogens (tertiary/aromatic N) is 2. The molecule has 1 aromatic rings. The molecule has 1 rings (SSSR count). The number of aryl methyl sites for hydroxylation is 1. The van der Waals surface area contributed by atoms with Gasteiger partial charge in [0.15, 0.2) is 0 Å². The molecular weight excluding hydrogens is 236 g/mol. The van der Waals surface area contributed by atoms with Gasteiger partial charge in [-0.2, -0.15) is 17.6 Å². The van der Waals surface area contributed by atoms with Crippen LogP contribution in [0.15, 0.2) is 0 Å². The summed E-state index contributed by atoms with van der Waals surface area (Å²) in [7, 11) is 0. The lowest BCUT2D eigenvalue weighted by Gasteiger charge is -1.97. The molecule has 0 saturated carbocycles. The van der Waals surface area contributed by atoms with Crippen LogP contribution in [0.25, 0.3) is 0 Å². The first-order chi connectivity index (χ1) is 8.26. The zero-order valence-electron chi connectivity index (χ0n) is 10.2. The van der Waals surface area contributed by atoms with Crippen LogP contribution in [0.2, 0.25) is 0 Å². The fraction of sp³-hybridized carbons (Fsp3) is 0.727. The van der Waals surface area contributed by atoms with Crippen molar-refractivity contribution in [1.82, 2.24) is 15.2 Å². The van der Waals surface area contributed by atoms with Crippen molar-refractivity contribution < 1.29 is 4.79 Å². The molecule has 0 atom stereocenters. The number of amides is 1. The molecule has 1 heterocycles. The lowest BCUT2D eigenvalue weighted by molar-refractivity contribution is -0.113. The third-order valence-electron chi connectivity index (χ3n) is 2.44. The lowest BCUT2D eigenvalue weighted by atomic mass is 10.1. The number of carbonyl (C=O) groups is 1. The molecule has 0 radical (unpaired) electrons. The summed E-state index contributed by atoms with van der Waals surface area (Å²) in [4.78, 5) is 15.2. The number of aromatic nitrogens is 3. The van der Waals surface area contributed by atoms with Crippen LogP contribution < -0.4 is 5.32 Å². The number of rotatable bonds is 8. The van der Waals surface area contributed by atoms with E-state index in [4.69, 9.17) is 0 Å². The number of nitrogens with one attached hydrogen (secondary N) is 2. The van der Waals surface area contributed by atoms with E-state index in [-0.39, 0.29) is 11.7 Å². The first kappa shape index (κ1) is 14.0. The molecule has 0 aliphatic carbocycles. The number of thiol groups is 1. The smallest absolute Gasteiger partial charge is 0.248 e. The SMILES string of the molecule is CCCCCCCc1nc(NC(=O)CS)n[nH]1. The predicted octanol–water partition coefficient (Wildman–Crippen LogP) is 2.19. The van der Waals surface area contributed by atoms with Gasteiger partial charge in [-0.15, -0.1) is 5.10 Å². The third kappa shape index (κ3) is 5.72. The molecule has 0 bridgehead atoms. The maximum Gasteiger partial charge on any atom is 0.248 e. The topological polar surface area (TPSA) is 70.7 Å². The number of aromatic amines is 1. The Bertz CT molecular complexity index is 340. The van der Waals surface area contributed by atoms with E-state index in [9.17, 15) is 4.79 Å². The van der Waals surface area contributed by atoms with Crippen molar-refractivity contribution in [2.75, 3.05) is 11.1 Å². The summed E-state index contributed by atoms with van der Waals surface area (Å²) >= 11 is 3.86. The van der Waals surface area contributed by atoms with Gasteiger partial charge >= 0.3 is 0 Å². The van der Waals surface area contributed by atoms with Crippen molar-refractivity contribution in [2.45, 2.75) is 45.4 Å². The van der Waals surface area contributed by atoms with Gasteiger partial charge < -0.3 is 0 Å². The Balaban J connectivity index is 2.23. The largest absolute Gasteiger partial charge is 0.293 e. The molecule has 2 N–H and O–H groups in total. The van der Waals surface area contributed by atoms with Gasteiger partial charge in [0.2, 0.25) is 11.9 Å². The monoisotopic (exact) mass is 256 g/mol. The van der Waals surface area contributed by atoms with Gasteiger partial charge in [0.1, 0.15) is 5.82 Å². The highest BCUT2D eigenvalue weighted by atomic mass is 32.1. The van der Waals surface area contributed by atoms with Crippen molar-refractivity contribution in [3.8, 4) is 0 Å². The second kappa shape index (κ2) is 8.11. The van der Waals surface area contributed by atoms with Gasteiger partial charge in [-0.1, -0.05) is 32.6 Å². The van der Waals surface area contributed by atoms with Crippen LogP contribution in [0, 0.1) is 0 Å². The summed E-state index contributed by atoms with van der Waals surface area (Å²) < 4.78 is 0. The third-order valence-corrected chi connectivity index (χ3v) is 2.73. The average Bonchev–Trinajstić information content (AvgIpc) is 2.76. The number of unbranched alkanes of at least 4 members (excludes halogenated alkanes) is 4. The van der Waals surface area contributed by atoms with Crippen molar-refractivity contribution >= 4 is 24.5 Å². The molecule has 1 aromatic heterocycles. The summed E-state index contributed by atoms with van der Waals surface area (Å²) in [6, 6.07) is 0. The highest BCUT2D eigenvalue weighted by molar-refractivity contribution is 7.81. The second-order valence-electron chi connectivity index (χ2n) is 3.98. The molecule has 0 saturated heterocycles. The van der Waals surface area contributed by atoms with E-state index in [0.717, 1.165) is 18.7 Å². The van der Waals surface area contributed by atoms with Gasteiger partial charge in [0, 0.05) is 6.42 Å². The van der Waals surface area contributed by atoms with E-state index in [1.807, 2.05) is 0 Å². The van der Waals surface area contributed by atoms with Gasteiger partial charge in [-0.3, -0.25) is 15.2 Å². The number of H-pyrrole nitrogens is 1. The molecule has 0 spiro atoms. The van der Waals surface area contributed by atoms with Crippen LogP contribution in [0.4, 0.5) is 5.95 Å². The van der Waals surface area contributed by atoms with Crippen molar-refractivity contribution in [3.63, 3.8) is 0 Å². The minimum atomic E-state index is -0.193. The van der Waals surface area contributed by atoms with E-state index in [1.165, 1.54) is 25.7 Å². The predicted molar refractivity (Wildman–Crippen MR) is 71.3 cm³/mol. The molecule has 0 aliphatic rings. The Hall–Kier alpha value is -1.04.